The van der Waals surface area contributed by atoms with Gasteiger partial charge in [0.05, 0.1) is 22.2 Å². The predicted molar refractivity (Wildman–Crippen MR) is 116 cm³/mol. The number of nitrogens with one attached hydrogen (secondary N) is 1. The number of aromatic nitrogens is 1. The molecule has 0 radical (unpaired) electrons. The van der Waals surface area contributed by atoms with Crippen LogP contribution in [0, 0.1) is 13.8 Å². The molecule has 3 aromatic rings. The van der Waals surface area contributed by atoms with Crippen LogP contribution >= 0.6 is 11.8 Å². The summed E-state index contributed by atoms with van der Waals surface area (Å²) in [5.74, 6) is 1.22. The van der Waals surface area contributed by atoms with E-state index in [4.69, 9.17) is 9.66 Å². The molecule has 1 aromatic heterocycles. The smallest absolute Gasteiger partial charge is 0.252 e. The Morgan fingerprint density at radius 2 is 1.83 bits per heavy atom. The maximum atomic E-state index is 12.9. The van der Waals surface area contributed by atoms with E-state index in [1.165, 1.54) is 12.1 Å². The second-order valence-corrected chi connectivity index (χ2v) is 9.48. The van der Waals surface area contributed by atoms with Crippen molar-refractivity contribution in [1.82, 2.24) is 10.5 Å². The standard InChI is InChI=1S/C21H23N3O4S2/c1-13(16-8-10-17(11-9-16)30(22,26)27)23-21(25)18-6-4-5-7-20(18)29-12-19-14(2)24-28-15(19)3/h4-11,13H,12H2,1-3H3,(H,23,25)(H2,22,26,27)/t13-/m1/s1. The minimum absolute atomic E-state index is 0.0332. The molecule has 1 amide bonds. The average molecular weight is 446 g/mol. The Morgan fingerprint density at radius 1 is 1.17 bits per heavy atom. The summed E-state index contributed by atoms with van der Waals surface area (Å²) in [6.07, 6.45) is 0. The molecule has 0 saturated heterocycles. The van der Waals surface area contributed by atoms with Gasteiger partial charge in [0.15, 0.2) is 0 Å². The second-order valence-electron chi connectivity index (χ2n) is 6.90. The summed E-state index contributed by atoms with van der Waals surface area (Å²) >= 11 is 1.55. The molecule has 0 unspecified atom stereocenters. The monoisotopic (exact) mass is 445 g/mol. The molecule has 9 heteroatoms. The van der Waals surface area contributed by atoms with Gasteiger partial charge >= 0.3 is 0 Å². The third-order valence-electron chi connectivity index (χ3n) is 4.74. The molecule has 0 aliphatic rings. The first-order valence-corrected chi connectivity index (χ1v) is 11.8. The van der Waals surface area contributed by atoms with Crippen LogP contribution in [-0.4, -0.2) is 19.5 Å². The second kappa shape index (κ2) is 9.03. The molecule has 0 fully saturated rings. The van der Waals surface area contributed by atoms with Crippen LogP contribution in [0.25, 0.3) is 0 Å². The fourth-order valence-electron chi connectivity index (χ4n) is 2.94. The molecule has 1 atom stereocenters. The number of carbonyl (C=O) groups excluding carboxylic acids is 1. The van der Waals surface area contributed by atoms with Gasteiger partial charge in [-0.15, -0.1) is 11.8 Å². The normalized spacial score (nSPS) is 12.5. The molecule has 1 heterocycles. The van der Waals surface area contributed by atoms with E-state index in [-0.39, 0.29) is 16.8 Å². The first-order chi connectivity index (χ1) is 14.2. The van der Waals surface area contributed by atoms with Crippen molar-refractivity contribution in [3.63, 3.8) is 0 Å². The van der Waals surface area contributed by atoms with E-state index in [0.29, 0.717) is 11.3 Å². The fraction of sp³-hybridized carbons (Fsp3) is 0.238. The Hall–Kier alpha value is -2.62. The highest BCUT2D eigenvalue weighted by Gasteiger charge is 2.17. The van der Waals surface area contributed by atoms with E-state index in [1.54, 1.807) is 30.0 Å². The van der Waals surface area contributed by atoms with Gasteiger partial charge in [0.25, 0.3) is 5.91 Å². The van der Waals surface area contributed by atoms with Crippen molar-refractivity contribution in [2.24, 2.45) is 5.14 Å². The molecule has 2 aromatic carbocycles. The van der Waals surface area contributed by atoms with Gasteiger partial charge in [-0.1, -0.05) is 29.4 Å². The minimum atomic E-state index is -3.75. The molecule has 0 spiro atoms. The molecule has 0 aliphatic heterocycles. The Balaban J connectivity index is 1.72. The number of hydrogen-bond acceptors (Lipinski definition) is 6. The van der Waals surface area contributed by atoms with Gasteiger partial charge in [-0.2, -0.15) is 0 Å². The average Bonchev–Trinajstić information content (AvgIpc) is 3.03. The highest BCUT2D eigenvalue weighted by atomic mass is 32.2. The van der Waals surface area contributed by atoms with Gasteiger partial charge < -0.3 is 9.84 Å². The molecular weight excluding hydrogens is 422 g/mol. The number of carbonyl (C=O) groups is 1. The summed E-state index contributed by atoms with van der Waals surface area (Å²) < 4.78 is 28.0. The first kappa shape index (κ1) is 22.1. The highest BCUT2D eigenvalue weighted by Crippen LogP contribution is 2.29. The third kappa shape index (κ3) is 5.10. The van der Waals surface area contributed by atoms with Crippen LogP contribution in [0.3, 0.4) is 0 Å². The lowest BCUT2D eigenvalue weighted by molar-refractivity contribution is 0.0937. The van der Waals surface area contributed by atoms with Crippen LogP contribution in [0.4, 0.5) is 0 Å². The summed E-state index contributed by atoms with van der Waals surface area (Å²) in [5, 5.41) is 12.1. The van der Waals surface area contributed by atoms with Crippen molar-refractivity contribution >= 4 is 27.7 Å². The van der Waals surface area contributed by atoms with Crippen molar-refractivity contribution in [2.45, 2.75) is 42.4 Å². The van der Waals surface area contributed by atoms with Crippen LogP contribution in [0.15, 0.2) is 62.8 Å². The van der Waals surface area contributed by atoms with E-state index < -0.39 is 10.0 Å². The first-order valence-electron chi connectivity index (χ1n) is 9.24. The molecule has 0 saturated carbocycles. The minimum Gasteiger partial charge on any atom is -0.361 e. The zero-order valence-corrected chi connectivity index (χ0v) is 18.5. The molecule has 30 heavy (non-hydrogen) atoms. The number of nitrogens with two attached hydrogens (primary N) is 1. The lowest BCUT2D eigenvalue weighted by Gasteiger charge is -2.16. The Labute approximate surface area is 180 Å². The Kier molecular flexibility index (Phi) is 6.64. The molecular formula is C21H23N3O4S2. The summed E-state index contributed by atoms with van der Waals surface area (Å²) in [6.45, 7) is 5.61. The number of hydrogen-bond donors (Lipinski definition) is 2. The topological polar surface area (TPSA) is 115 Å². The number of sulfonamides is 1. The maximum Gasteiger partial charge on any atom is 0.252 e. The summed E-state index contributed by atoms with van der Waals surface area (Å²) in [5.41, 5.74) is 3.22. The summed E-state index contributed by atoms with van der Waals surface area (Å²) in [4.78, 5) is 13.8. The van der Waals surface area contributed by atoms with Crippen molar-refractivity contribution in [2.75, 3.05) is 0 Å². The van der Waals surface area contributed by atoms with Crippen LogP contribution in [-0.2, 0) is 15.8 Å². The lowest BCUT2D eigenvalue weighted by atomic mass is 10.1. The molecule has 3 rings (SSSR count). The zero-order valence-electron chi connectivity index (χ0n) is 16.9. The Morgan fingerprint density at radius 3 is 2.43 bits per heavy atom. The summed E-state index contributed by atoms with van der Waals surface area (Å²) in [7, 11) is -3.75. The SMILES string of the molecule is Cc1noc(C)c1CSc1ccccc1C(=O)N[C@H](C)c1ccc(S(N)(=O)=O)cc1. The van der Waals surface area contributed by atoms with E-state index in [9.17, 15) is 13.2 Å². The van der Waals surface area contributed by atoms with Gasteiger partial charge in [-0.25, -0.2) is 13.6 Å². The van der Waals surface area contributed by atoms with Gasteiger partial charge in [0.1, 0.15) is 5.76 Å². The Bertz CT molecular complexity index is 1140. The quantitative estimate of drug-likeness (QED) is 0.536. The van der Waals surface area contributed by atoms with Gasteiger partial charge in [0, 0.05) is 16.2 Å². The zero-order chi connectivity index (χ0) is 21.9. The maximum absolute atomic E-state index is 12.9. The number of primary sulfonamides is 1. The van der Waals surface area contributed by atoms with Crippen LogP contribution < -0.4 is 10.5 Å². The number of nitrogens with zero attached hydrogens (tertiary/aromatic N) is 1. The van der Waals surface area contributed by atoms with E-state index in [1.807, 2.05) is 39.0 Å². The number of thioether (sulfide) groups is 1. The van der Waals surface area contributed by atoms with Crippen molar-refractivity contribution < 1.29 is 17.7 Å². The lowest BCUT2D eigenvalue weighted by Crippen LogP contribution is -2.27. The van der Waals surface area contributed by atoms with E-state index in [0.717, 1.165) is 27.5 Å². The number of benzene rings is 2. The van der Waals surface area contributed by atoms with Crippen LogP contribution in [0.5, 0.6) is 0 Å². The van der Waals surface area contributed by atoms with E-state index >= 15 is 0 Å². The highest BCUT2D eigenvalue weighted by molar-refractivity contribution is 7.98. The largest absolute Gasteiger partial charge is 0.361 e. The van der Waals surface area contributed by atoms with E-state index in [2.05, 4.69) is 10.5 Å². The molecule has 0 bridgehead atoms. The summed E-state index contributed by atoms with van der Waals surface area (Å²) in [6, 6.07) is 13.2. The molecule has 0 aliphatic carbocycles. The van der Waals surface area contributed by atoms with Crippen molar-refractivity contribution in [3.05, 3.63) is 76.7 Å². The van der Waals surface area contributed by atoms with Crippen molar-refractivity contribution in [1.29, 1.82) is 0 Å². The van der Waals surface area contributed by atoms with Crippen LogP contribution in [0.2, 0.25) is 0 Å². The van der Waals surface area contributed by atoms with Gasteiger partial charge in [-0.05, 0) is 50.6 Å². The number of amides is 1. The third-order valence-corrected chi connectivity index (χ3v) is 6.77. The number of aryl methyl sites for hydroxylation is 2. The molecule has 158 valence electrons. The molecule has 3 N–H and O–H groups in total. The molecule has 7 nitrogen and oxygen atoms in total. The van der Waals surface area contributed by atoms with Gasteiger partial charge in [0.2, 0.25) is 10.0 Å². The fourth-order valence-corrected chi connectivity index (χ4v) is 4.66. The predicted octanol–water partition coefficient (Wildman–Crippen LogP) is 3.72. The number of rotatable bonds is 7. The van der Waals surface area contributed by atoms with Crippen molar-refractivity contribution in [3.8, 4) is 0 Å². The van der Waals surface area contributed by atoms with Crippen LogP contribution in [0.1, 0.15) is 45.9 Å². The van der Waals surface area contributed by atoms with Gasteiger partial charge in [-0.3, -0.25) is 4.79 Å².